The Bertz CT molecular complexity index is 1790. The molecule has 0 N–H and O–H groups in total. The van der Waals surface area contributed by atoms with Crippen LogP contribution in [0.5, 0.6) is 11.5 Å². The number of fused-ring (bicyclic) bond motifs is 5. The Labute approximate surface area is 261 Å². The third kappa shape index (κ3) is 6.26. The molecule has 0 saturated heterocycles. The van der Waals surface area contributed by atoms with Crippen LogP contribution in [0.1, 0.15) is 26.3 Å². The SMILES string of the molecule is CC(C)(C)c1ccnc(-c2[c-]cccc2)c1.[Ir].[c-]1cc2c(cc1-c1ccccn1)Oc1ccccc1-c1ccccc1-2. The summed E-state index contributed by atoms with van der Waals surface area (Å²) in [5, 5.41) is 0. The van der Waals surface area contributed by atoms with Gasteiger partial charge in [-0.1, -0.05) is 93.1 Å². The van der Waals surface area contributed by atoms with E-state index < -0.39 is 0 Å². The van der Waals surface area contributed by atoms with Crippen LogP contribution < -0.4 is 4.74 Å². The third-order valence-corrected chi connectivity index (χ3v) is 7.08. The van der Waals surface area contributed by atoms with Crippen LogP contribution in [0.2, 0.25) is 0 Å². The van der Waals surface area contributed by atoms with Gasteiger partial charge in [-0.2, -0.15) is 0 Å². The predicted molar refractivity (Wildman–Crippen MR) is 167 cm³/mol. The quantitative estimate of drug-likeness (QED) is 0.167. The molecule has 4 heteroatoms. The first kappa shape index (κ1) is 29.1. The second-order valence-electron chi connectivity index (χ2n) is 10.9. The average Bonchev–Trinajstić information content (AvgIpc) is 3.16. The normalized spacial score (nSPS) is 11.2. The van der Waals surface area contributed by atoms with Gasteiger partial charge >= 0.3 is 0 Å². The zero-order chi connectivity index (χ0) is 28.2. The number of rotatable bonds is 2. The minimum absolute atomic E-state index is 0. The fourth-order valence-electron chi connectivity index (χ4n) is 4.88. The largest absolute Gasteiger partial charge is 0.476 e. The van der Waals surface area contributed by atoms with Crippen LogP contribution >= 0.6 is 0 Å². The fraction of sp³-hybridized carbons (Fsp3) is 0.105. The Morgan fingerprint density at radius 1 is 0.571 bits per heavy atom. The van der Waals surface area contributed by atoms with Crippen molar-refractivity contribution in [2.45, 2.75) is 26.2 Å². The van der Waals surface area contributed by atoms with Crippen LogP contribution in [0.25, 0.3) is 44.8 Å². The fourth-order valence-corrected chi connectivity index (χ4v) is 4.88. The zero-order valence-electron chi connectivity index (χ0n) is 23.8. The third-order valence-electron chi connectivity index (χ3n) is 7.08. The molecule has 3 heterocycles. The van der Waals surface area contributed by atoms with Crippen molar-refractivity contribution in [1.82, 2.24) is 9.97 Å². The van der Waals surface area contributed by atoms with Crippen molar-refractivity contribution in [1.29, 1.82) is 0 Å². The van der Waals surface area contributed by atoms with Crippen LogP contribution in [-0.2, 0) is 25.5 Å². The summed E-state index contributed by atoms with van der Waals surface area (Å²) in [6.07, 6.45) is 3.66. The molecule has 1 aliphatic rings. The van der Waals surface area contributed by atoms with Crippen molar-refractivity contribution in [3.05, 3.63) is 145 Å². The smallest absolute Gasteiger partial charge is 0.132 e. The monoisotopic (exact) mass is 723 g/mol. The number of ether oxygens (including phenoxy) is 1. The number of aromatic nitrogens is 2. The number of benzene rings is 4. The molecule has 2 aromatic heterocycles. The van der Waals surface area contributed by atoms with E-state index in [1.54, 1.807) is 6.20 Å². The van der Waals surface area contributed by atoms with Gasteiger partial charge in [-0.15, -0.1) is 53.6 Å². The molecule has 6 aromatic rings. The second kappa shape index (κ2) is 12.6. The second-order valence-corrected chi connectivity index (χ2v) is 10.9. The molecule has 0 fully saturated rings. The molecule has 42 heavy (non-hydrogen) atoms. The number of hydrogen-bond acceptors (Lipinski definition) is 3. The van der Waals surface area contributed by atoms with Crippen LogP contribution in [0.4, 0.5) is 0 Å². The molecule has 0 aliphatic carbocycles. The molecular weight excluding hydrogens is 693 g/mol. The van der Waals surface area contributed by atoms with Crippen LogP contribution in [0, 0.1) is 12.1 Å². The summed E-state index contributed by atoms with van der Waals surface area (Å²) in [7, 11) is 0. The minimum Gasteiger partial charge on any atom is -0.476 e. The maximum absolute atomic E-state index is 6.30. The molecule has 0 amide bonds. The molecule has 3 nitrogen and oxygen atoms in total. The van der Waals surface area contributed by atoms with Gasteiger partial charge < -0.3 is 14.7 Å². The summed E-state index contributed by atoms with van der Waals surface area (Å²) in [5.41, 5.74) is 9.81. The Balaban J connectivity index is 0.000000181. The van der Waals surface area contributed by atoms with E-state index in [0.717, 1.165) is 50.7 Å². The number of para-hydroxylation sites is 1. The van der Waals surface area contributed by atoms with Crippen molar-refractivity contribution in [3.63, 3.8) is 0 Å². The molecule has 0 atom stereocenters. The van der Waals surface area contributed by atoms with E-state index in [1.807, 2.05) is 79.0 Å². The number of hydrogen-bond donors (Lipinski definition) is 0. The van der Waals surface area contributed by atoms with E-state index in [-0.39, 0.29) is 25.5 Å². The first-order chi connectivity index (χ1) is 20.0. The van der Waals surface area contributed by atoms with Gasteiger partial charge in [0.25, 0.3) is 0 Å². The van der Waals surface area contributed by atoms with Crippen molar-refractivity contribution in [3.8, 4) is 56.3 Å². The van der Waals surface area contributed by atoms with E-state index in [9.17, 15) is 0 Å². The summed E-state index contributed by atoms with van der Waals surface area (Å²) in [6.45, 7) is 6.63. The van der Waals surface area contributed by atoms with E-state index in [2.05, 4.69) is 85.3 Å². The van der Waals surface area contributed by atoms with Gasteiger partial charge in [0.1, 0.15) is 5.75 Å². The summed E-state index contributed by atoms with van der Waals surface area (Å²) in [4.78, 5) is 8.82. The molecule has 1 radical (unpaired) electrons. The summed E-state index contributed by atoms with van der Waals surface area (Å²) in [6, 6.07) is 45.2. The molecule has 209 valence electrons. The molecule has 7 rings (SSSR count). The van der Waals surface area contributed by atoms with Crippen molar-refractivity contribution in [2.24, 2.45) is 0 Å². The topological polar surface area (TPSA) is 35.0 Å². The Kier molecular flexibility index (Phi) is 8.77. The average molecular weight is 723 g/mol. The molecule has 0 bridgehead atoms. The van der Waals surface area contributed by atoms with Gasteiger partial charge in [0.05, 0.1) is 5.75 Å². The van der Waals surface area contributed by atoms with Gasteiger partial charge in [-0.3, -0.25) is 0 Å². The van der Waals surface area contributed by atoms with E-state index >= 15 is 0 Å². The van der Waals surface area contributed by atoms with Crippen molar-refractivity contribution < 1.29 is 24.8 Å². The number of nitrogens with zero attached hydrogens (tertiary/aromatic N) is 2. The first-order valence-electron chi connectivity index (χ1n) is 13.7. The molecule has 0 unspecified atom stereocenters. The summed E-state index contributed by atoms with van der Waals surface area (Å²) < 4.78 is 6.30. The van der Waals surface area contributed by atoms with Gasteiger partial charge in [0.2, 0.25) is 0 Å². The Morgan fingerprint density at radius 2 is 1.26 bits per heavy atom. The van der Waals surface area contributed by atoms with Gasteiger partial charge in [-0.25, -0.2) is 0 Å². The molecular formula is C38H30IrN2O-2. The van der Waals surface area contributed by atoms with E-state index in [1.165, 1.54) is 11.1 Å². The predicted octanol–water partition coefficient (Wildman–Crippen LogP) is 9.83. The van der Waals surface area contributed by atoms with Gasteiger partial charge in [0.15, 0.2) is 0 Å². The maximum Gasteiger partial charge on any atom is 0.132 e. The summed E-state index contributed by atoms with van der Waals surface area (Å²) in [5.74, 6) is 1.70. The maximum atomic E-state index is 6.30. The van der Waals surface area contributed by atoms with Gasteiger partial charge in [-0.05, 0) is 51.7 Å². The van der Waals surface area contributed by atoms with Crippen molar-refractivity contribution >= 4 is 0 Å². The van der Waals surface area contributed by atoms with E-state index in [4.69, 9.17) is 4.74 Å². The molecule has 1 aliphatic heterocycles. The van der Waals surface area contributed by atoms with Crippen molar-refractivity contribution in [2.75, 3.05) is 0 Å². The first-order valence-corrected chi connectivity index (χ1v) is 13.7. The number of pyridine rings is 2. The Hall–Kier alpha value is -4.37. The molecule has 0 saturated carbocycles. The summed E-state index contributed by atoms with van der Waals surface area (Å²) >= 11 is 0. The van der Waals surface area contributed by atoms with Crippen LogP contribution in [0.15, 0.2) is 128 Å². The van der Waals surface area contributed by atoms with Crippen LogP contribution in [-0.4, -0.2) is 9.97 Å². The Morgan fingerprint density at radius 3 is 1.98 bits per heavy atom. The van der Waals surface area contributed by atoms with E-state index in [0.29, 0.717) is 0 Å². The zero-order valence-corrected chi connectivity index (χ0v) is 26.2. The molecule has 0 spiro atoms. The van der Waals surface area contributed by atoms with Crippen LogP contribution in [0.3, 0.4) is 0 Å². The standard InChI is InChI=1S/C23H14NO.C15H16N.Ir/c1-2-8-18-17(7-1)19-9-3-4-11-22(19)25-23-15-16(12-13-20(18)23)21-10-5-6-14-24-21;1-15(2,3)13-9-10-16-14(11-13)12-7-5-4-6-8-12;/h1-11,13-15H;4-7,9-11H,1-3H3;/q2*-1;. The minimum atomic E-state index is 0. The van der Waals surface area contributed by atoms with Gasteiger partial charge in [0, 0.05) is 38.1 Å². The molecule has 4 aromatic carbocycles.